The van der Waals surface area contributed by atoms with Crippen LogP contribution in [0.4, 0.5) is 0 Å². The number of rotatable bonds is 63. The molecule has 0 saturated carbocycles. The minimum atomic E-state index is -4.47. The van der Waals surface area contributed by atoms with E-state index in [9.17, 15) is 19.0 Å². The molecule has 0 aromatic carbocycles. The topological polar surface area (TPSA) is 111 Å². The highest BCUT2D eigenvalue weighted by Gasteiger charge is 2.30. The lowest BCUT2D eigenvalue weighted by atomic mass is 10.0. The summed E-state index contributed by atoms with van der Waals surface area (Å²) in [5.74, 6) is -0.534. The average Bonchev–Trinajstić information content (AvgIpc) is 3.61. The summed E-state index contributed by atoms with van der Waals surface area (Å²) in [4.78, 5) is 37.9. The first-order valence-corrected chi connectivity index (χ1v) is 37.2. The standard InChI is InChI=1S/C78H133N2O7P/c1-7-10-13-16-19-22-25-28-30-32-34-36-38-39-40-41-43-45-47-49-51-53-56-59-62-65-68-71-78(82)87-76(69-66-63-60-57-54-27-24-21-18-15-12-9-3)75(74-86-88(83,84)85-73-72-80(4,5)6)79-77(81)70-67-64-61-58-55-52-50-48-46-44-42-37-35-33-31-29-26-23-20-17-14-11-8-2/h10-11,13-14,19-20,22-23,28-31,34-37,39-40,43-46,66,69,75-76H,7-9,12,15-18,21,24-27,32-33,38,41-42,47-65,67-68,70-74H2,1-6H3,(H-,79,81,83,84)/p+1/b13-10-,14-11-,22-19-,23-20-,30-28-,31-29-,36-34-,37-35-,40-39-,45-43-,46-44-,69-66+. The van der Waals surface area contributed by atoms with Crippen LogP contribution in [-0.2, 0) is 27.9 Å². The molecule has 0 bridgehead atoms. The Morgan fingerprint density at radius 3 is 1.09 bits per heavy atom. The SMILES string of the molecule is CC/C=C\C/C=C\C/C=C\C/C=C\C/C=C\C/C=C\CCCCCCCCCCC(=O)OC(/C=C/CCCCCCCCCCCC)C(COP(=O)(O)OCC[N+](C)(C)C)NC(=O)CCCCCCCCC/C=C\C/C=C\C/C=C\C/C=C\C/C=C\CC. The maximum atomic E-state index is 13.6. The molecule has 0 spiro atoms. The lowest BCUT2D eigenvalue weighted by Gasteiger charge is -2.27. The van der Waals surface area contributed by atoms with Crippen LogP contribution in [0.15, 0.2) is 146 Å². The highest BCUT2D eigenvalue weighted by molar-refractivity contribution is 7.47. The van der Waals surface area contributed by atoms with Crippen molar-refractivity contribution in [2.24, 2.45) is 0 Å². The number of allylic oxidation sites excluding steroid dienone is 23. The van der Waals surface area contributed by atoms with Crippen molar-refractivity contribution in [1.29, 1.82) is 0 Å². The molecular weight excluding hydrogens is 1110 g/mol. The van der Waals surface area contributed by atoms with E-state index in [0.29, 0.717) is 17.4 Å². The van der Waals surface area contributed by atoms with Crippen LogP contribution in [0.1, 0.15) is 284 Å². The van der Waals surface area contributed by atoms with Crippen LogP contribution in [0.5, 0.6) is 0 Å². The zero-order valence-corrected chi connectivity index (χ0v) is 58.3. The van der Waals surface area contributed by atoms with Gasteiger partial charge in [0.1, 0.15) is 19.3 Å². The molecule has 3 atom stereocenters. The molecule has 0 rings (SSSR count). The van der Waals surface area contributed by atoms with E-state index in [4.69, 9.17) is 13.8 Å². The van der Waals surface area contributed by atoms with Crippen LogP contribution in [-0.4, -0.2) is 74.3 Å². The van der Waals surface area contributed by atoms with Gasteiger partial charge in [-0.15, -0.1) is 0 Å². The van der Waals surface area contributed by atoms with Crippen molar-refractivity contribution in [3.05, 3.63) is 146 Å². The number of hydrogen-bond donors (Lipinski definition) is 2. The second kappa shape index (κ2) is 65.8. The average molecular weight is 1240 g/mol. The van der Waals surface area contributed by atoms with E-state index >= 15 is 0 Å². The first-order valence-electron chi connectivity index (χ1n) is 35.7. The quantitative estimate of drug-likeness (QED) is 0.0205. The maximum Gasteiger partial charge on any atom is 0.472 e. The fourth-order valence-electron chi connectivity index (χ4n) is 9.62. The predicted octanol–water partition coefficient (Wildman–Crippen LogP) is 23.0. The number of nitrogens with zero attached hydrogens (tertiary/aromatic N) is 1. The molecule has 88 heavy (non-hydrogen) atoms. The number of ether oxygens (including phenoxy) is 1. The first-order chi connectivity index (χ1) is 42.9. The fourth-order valence-corrected chi connectivity index (χ4v) is 10.4. The van der Waals surface area contributed by atoms with Crippen molar-refractivity contribution in [3.8, 4) is 0 Å². The molecule has 0 aliphatic heterocycles. The second-order valence-corrected chi connectivity index (χ2v) is 26.1. The lowest BCUT2D eigenvalue weighted by molar-refractivity contribution is -0.870. The van der Waals surface area contributed by atoms with Gasteiger partial charge in [-0.25, -0.2) is 4.57 Å². The molecule has 0 radical (unpaired) electrons. The third-order valence-corrected chi connectivity index (χ3v) is 16.0. The third kappa shape index (κ3) is 66.3. The van der Waals surface area contributed by atoms with Crippen molar-refractivity contribution in [3.63, 3.8) is 0 Å². The monoisotopic (exact) mass is 1240 g/mol. The molecular formula is C78H134N2O7P+. The van der Waals surface area contributed by atoms with Gasteiger partial charge >= 0.3 is 13.8 Å². The lowest BCUT2D eigenvalue weighted by Crippen LogP contribution is -2.47. The molecule has 0 fully saturated rings. The number of carbonyl (C=O) groups excluding carboxylic acids is 2. The zero-order valence-electron chi connectivity index (χ0n) is 57.4. The van der Waals surface area contributed by atoms with E-state index < -0.39 is 20.0 Å². The zero-order chi connectivity index (χ0) is 64.2. The number of likely N-dealkylation sites (N-methyl/N-ethyl adjacent to an activating group) is 1. The van der Waals surface area contributed by atoms with Gasteiger partial charge in [0.2, 0.25) is 5.91 Å². The van der Waals surface area contributed by atoms with E-state index in [2.05, 4.69) is 160 Å². The Morgan fingerprint density at radius 1 is 0.409 bits per heavy atom. The van der Waals surface area contributed by atoms with Crippen molar-refractivity contribution in [2.45, 2.75) is 296 Å². The molecule has 502 valence electrons. The van der Waals surface area contributed by atoms with Crippen molar-refractivity contribution < 1.29 is 37.3 Å². The van der Waals surface area contributed by atoms with Gasteiger partial charge in [0.25, 0.3) is 0 Å². The summed E-state index contributed by atoms with van der Waals surface area (Å²) in [5, 5.41) is 3.06. The Labute approximate surface area is 542 Å². The van der Waals surface area contributed by atoms with Crippen molar-refractivity contribution >= 4 is 19.7 Å². The van der Waals surface area contributed by atoms with E-state index in [-0.39, 0.29) is 31.5 Å². The molecule has 3 unspecified atom stereocenters. The Balaban J connectivity index is 5.13. The van der Waals surface area contributed by atoms with Gasteiger partial charge < -0.3 is 19.4 Å². The van der Waals surface area contributed by atoms with Crippen LogP contribution in [0.25, 0.3) is 0 Å². The molecule has 0 aliphatic carbocycles. The van der Waals surface area contributed by atoms with Crippen molar-refractivity contribution in [2.75, 3.05) is 40.9 Å². The Bertz CT molecular complexity index is 2020. The van der Waals surface area contributed by atoms with Gasteiger partial charge in [-0.3, -0.25) is 18.6 Å². The summed E-state index contributed by atoms with van der Waals surface area (Å²) in [5.41, 5.74) is 0. The van der Waals surface area contributed by atoms with E-state index in [1.807, 2.05) is 33.3 Å². The molecule has 0 heterocycles. The number of quaternary nitrogens is 1. The smallest absolute Gasteiger partial charge is 0.456 e. The number of hydrogen-bond acceptors (Lipinski definition) is 6. The van der Waals surface area contributed by atoms with Gasteiger partial charge in [-0.2, -0.15) is 0 Å². The summed E-state index contributed by atoms with van der Waals surface area (Å²) in [6.45, 7) is 6.77. The highest BCUT2D eigenvalue weighted by atomic mass is 31.2. The van der Waals surface area contributed by atoms with Gasteiger partial charge in [-0.1, -0.05) is 289 Å². The summed E-state index contributed by atoms with van der Waals surface area (Å²) < 4.78 is 30.8. The Morgan fingerprint density at radius 2 is 0.727 bits per heavy atom. The minimum absolute atomic E-state index is 0.0286. The van der Waals surface area contributed by atoms with E-state index in [1.54, 1.807) is 0 Å². The number of phosphoric acid groups is 1. The summed E-state index contributed by atoms with van der Waals surface area (Å²) in [7, 11) is 1.46. The van der Waals surface area contributed by atoms with Gasteiger partial charge in [-0.05, 0) is 128 Å². The molecule has 1 amide bonds. The largest absolute Gasteiger partial charge is 0.472 e. The summed E-state index contributed by atoms with van der Waals surface area (Å²) >= 11 is 0. The number of carbonyl (C=O) groups is 2. The van der Waals surface area contributed by atoms with Crippen LogP contribution in [0.3, 0.4) is 0 Å². The van der Waals surface area contributed by atoms with E-state index in [0.717, 1.165) is 154 Å². The molecule has 2 N–H and O–H groups in total. The molecule has 0 aromatic heterocycles. The van der Waals surface area contributed by atoms with Gasteiger partial charge in [0, 0.05) is 12.8 Å². The van der Waals surface area contributed by atoms with Crippen LogP contribution in [0.2, 0.25) is 0 Å². The van der Waals surface area contributed by atoms with Crippen LogP contribution < -0.4 is 5.32 Å². The van der Waals surface area contributed by atoms with Crippen LogP contribution in [0, 0.1) is 0 Å². The molecule has 9 nitrogen and oxygen atoms in total. The molecule has 10 heteroatoms. The van der Waals surface area contributed by atoms with Gasteiger partial charge in [0.05, 0.1) is 33.8 Å². The normalized spacial score (nSPS) is 14.4. The second-order valence-electron chi connectivity index (χ2n) is 24.6. The first kappa shape index (κ1) is 83.9. The number of phosphoric ester groups is 1. The number of esters is 1. The number of unbranched alkanes of at least 4 members (excludes halogenated alkanes) is 25. The molecule has 0 aliphatic rings. The summed E-state index contributed by atoms with van der Waals surface area (Å²) in [6.07, 6.45) is 95.7. The third-order valence-electron chi connectivity index (χ3n) is 15.0. The fraction of sp³-hybridized carbons (Fsp3) is 0.667. The number of amides is 1. The number of nitrogens with one attached hydrogen (secondary N) is 1. The Hall–Kier alpha value is -4.11. The van der Waals surface area contributed by atoms with Gasteiger partial charge in [0.15, 0.2) is 0 Å². The highest BCUT2D eigenvalue weighted by Crippen LogP contribution is 2.43. The predicted molar refractivity (Wildman–Crippen MR) is 382 cm³/mol. The van der Waals surface area contributed by atoms with E-state index in [1.165, 1.54) is 96.3 Å². The summed E-state index contributed by atoms with van der Waals surface area (Å²) in [6, 6.07) is -0.870. The molecule has 0 aromatic rings. The minimum Gasteiger partial charge on any atom is -0.456 e. The van der Waals surface area contributed by atoms with Crippen molar-refractivity contribution in [1.82, 2.24) is 5.32 Å². The maximum absolute atomic E-state index is 13.6. The van der Waals surface area contributed by atoms with Crippen LogP contribution >= 0.6 is 7.82 Å². The Kier molecular flexibility index (Phi) is 62.8. The molecule has 0 saturated heterocycles.